The molecule has 1 aliphatic heterocycles. The first-order valence-electron chi connectivity index (χ1n) is 9.64. The molecule has 0 unspecified atom stereocenters. The molecular weight excluding hydrogens is 350 g/mol. The molecule has 4 rings (SSSR count). The van der Waals surface area contributed by atoms with Crippen molar-refractivity contribution in [3.63, 3.8) is 0 Å². The molecule has 1 aromatic heterocycles. The van der Waals surface area contributed by atoms with Gasteiger partial charge in [-0.1, -0.05) is 30.3 Å². The zero-order valence-electron chi connectivity index (χ0n) is 15.7. The Morgan fingerprint density at radius 2 is 1.64 bits per heavy atom. The van der Waals surface area contributed by atoms with Crippen LogP contribution in [0.3, 0.4) is 0 Å². The maximum atomic E-state index is 12.6. The lowest BCUT2D eigenvalue weighted by Crippen LogP contribution is -2.35. The molecule has 0 aliphatic carbocycles. The summed E-state index contributed by atoms with van der Waals surface area (Å²) in [5, 5.41) is 3.28. The Morgan fingerprint density at radius 1 is 0.893 bits per heavy atom. The number of ether oxygens (including phenoxy) is 1. The van der Waals surface area contributed by atoms with Crippen LogP contribution in [0.1, 0.15) is 29.6 Å². The third-order valence-electron chi connectivity index (χ3n) is 4.77. The van der Waals surface area contributed by atoms with Crippen LogP contribution >= 0.6 is 0 Å². The molecule has 1 N–H and O–H groups in total. The molecule has 2 heterocycles. The van der Waals surface area contributed by atoms with E-state index in [2.05, 4.69) is 10.3 Å². The maximum absolute atomic E-state index is 12.6. The number of piperidine rings is 1. The quantitative estimate of drug-likeness (QED) is 0.664. The minimum atomic E-state index is 0.0616. The fraction of sp³-hybridized carbons (Fsp3) is 0.217. The van der Waals surface area contributed by atoms with Gasteiger partial charge in [-0.25, -0.2) is 4.98 Å². The highest BCUT2D eigenvalue weighted by Gasteiger charge is 2.18. The van der Waals surface area contributed by atoms with E-state index in [1.54, 1.807) is 6.20 Å². The normalized spacial score (nSPS) is 13.8. The smallest absolute Gasteiger partial charge is 0.255 e. The van der Waals surface area contributed by atoms with Crippen LogP contribution in [-0.2, 0) is 0 Å². The van der Waals surface area contributed by atoms with Crippen molar-refractivity contribution >= 4 is 17.4 Å². The summed E-state index contributed by atoms with van der Waals surface area (Å²) in [4.78, 5) is 18.9. The zero-order chi connectivity index (χ0) is 19.2. The van der Waals surface area contributed by atoms with Gasteiger partial charge in [0.15, 0.2) is 5.75 Å². The average molecular weight is 373 g/mol. The number of nitrogens with zero attached hydrogens (tertiary/aromatic N) is 2. The molecule has 1 fully saturated rings. The molecule has 142 valence electrons. The number of anilines is 2. The predicted octanol–water partition coefficient (Wildman–Crippen LogP) is 5.24. The van der Waals surface area contributed by atoms with Gasteiger partial charge >= 0.3 is 0 Å². The number of para-hydroxylation sites is 3. The molecule has 1 saturated heterocycles. The van der Waals surface area contributed by atoms with Gasteiger partial charge in [-0.15, -0.1) is 0 Å². The fourth-order valence-corrected chi connectivity index (χ4v) is 3.29. The minimum absolute atomic E-state index is 0.0616. The summed E-state index contributed by atoms with van der Waals surface area (Å²) in [6.45, 7) is 1.67. The highest BCUT2D eigenvalue weighted by Crippen LogP contribution is 2.31. The number of likely N-dealkylation sites (tertiary alicyclic amines) is 1. The number of amides is 1. The second kappa shape index (κ2) is 8.57. The molecule has 0 saturated carbocycles. The van der Waals surface area contributed by atoms with Crippen LogP contribution < -0.4 is 10.1 Å². The van der Waals surface area contributed by atoms with Gasteiger partial charge in [0.25, 0.3) is 5.91 Å². The molecule has 5 heteroatoms. The van der Waals surface area contributed by atoms with Crippen LogP contribution in [0.25, 0.3) is 0 Å². The topological polar surface area (TPSA) is 54.5 Å². The Bertz CT molecular complexity index is 920. The Morgan fingerprint density at radius 3 is 2.39 bits per heavy atom. The number of pyridine rings is 1. The molecule has 1 aliphatic rings. The molecule has 0 atom stereocenters. The fourth-order valence-electron chi connectivity index (χ4n) is 3.29. The summed E-state index contributed by atoms with van der Waals surface area (Å²) >= 11 is 0. The summed E-state index contributed by atoms with van der Waals surface area (Å²) in [6, 6.07) is 21.0. The molecule has 2 aromatic carbocycles. The lowest BCUT2D eigenvalue weighted by atomic mass is 10.1. The van der Waals surface area contributed by atoms with Gasteiger partial charge in [-0.05, 0) is 55.7 Å². The number of benzene rings is 2. The molecule has 3 aromatic rings. The van der Waals surface area contributed by atoms with Gasteiger partial charge in [-0.2, -0.15) is 0 Å². The minimum Gasteiger partial charge on any atom is -0.455 e. The van der Waals surface area contributed by atoms with Crippen molar-refractivity contribution in [2.75, 3.05) is 18.4 Å². The Labute approximate surface area is 165 Å². The van der Waals surface area contributed by atoms with E-state index in [1.807, 2.05) is 71.6 Å². The van der Waals surface area contributed by atoms with Gasteiger partial charge in [0.1, 0.15) is 11.6 Å². The van der Waals surface area contributed by atoms with Crippen LogP contribution in [0.15, 0.2) is 72.9 Å². The van der Waals surface area contributed by atoms with Crippen molar-refractivity contribution in [2.24, 2.45) is 0 Å². The highest BCUT2D eigenvalue weighted by molar-refractivity contribution is 5.94. The number of rotatable bonds is 5. The third-order valence-corrected chi connectivity index (χ3v) is 4.77. The average Bonchev–Trinajstić information content (AvgIpc) is 2.76. The van der Waals surface area contributed by atoms with Gasteiger partial charge in [-0.3, -0.25) is 4.79 Å². The van der Waals surface area contributed by atoms with Crippen LogP contribution in [0, 0.1) is 0 Å². The van der Waals surface area contributed by atoms with E-state index in [9.17, 15) is 4.79 Å². The molecule has 0 radical (unpaired) electrons. The standard InChI is InChI=1S/C23H23N3O2/c27-23(26-15-7-2-8-16-26)18-13-14-22(24-17-18)25-20-11-5-6-12-21(20)28-19-9-3-1-4-10-19/h1,3-6,9-14,17H,2,7-8,15-16H2,(H,24,25). The predicted molar refractivity (Wildman–Crippen MR) is 110 cm³/mol. The van der Waals surface area contributed by atoms with Gasteiger partial charge < -0.3 is 15.0 Å². The first kappa shape index (κ1) is 18.0. The Hall–Kier alpha value is -3.34. The van der Waals surface area contributed by atoms with E-state index in [0.29, 0.717) is 17.1 Å². The van der Waals surface area contributed by atoms with E-state index in [1.165, 1.54) is 6.42 Å². The molecule has 0 spiro atoms. The van der Waals surface area contributed by atoms with E-state index in [4.69, 9.17) is 4.74 Å². The lowest BCUT2D eigenvalue weighted by molar-refractivity contribution is 0.0724. The number of hydrogen-bond donors (Lipinski definition) is 1. The van der Waals surface area contributed by atoms with Gasteiger partial charge in [0.05, 0.1) is 11.3 Å². The van der Waals surface area contributed by atoms with Crippen molar-refractivity contribution in [1.82, 2.24) is 9.88 Å². The number of aromatic nitrogens is 1. The monoisotopic (exact) mass is 373 g/mol. The molecule has 0 bridgehead atoms. The van der Waals surface area contributed by atoms with Crippen LogP contribution in [0.4, 0.5) is 11.5 Å². The van der Waals surface area contributed by atoms with E-state index < -0.39 is 0 Å². The number of carbonyl (C=O) groups excluding carboxylic acids is 1. The summed E-state index contributed by atoms with van der Waals surface area (Å²) < 4.78 is 5.97. The van der Waals surface area contributed by atoms with Crippen molar-refractivity contribution in [1.29, 1.82) is 0 Å². The SMILES string of the molecule is O=C(c1ccc(Nc2ccccc2Oc2ccccc2)nc1)N1CCCCC1. The number of nitrogens with one attached hydrogen (secondary N) is 1. The number of carbonyl (C=O) groups is 1. The first-order valence-corrected chi connectivity index (χ1v) is 9.64. The van der Waals surface area contributed by atoms with E-state index >= 15 is 0 Å². The molecule has 5 nitrogen and oxygen atoms in total. The summed E-state index contributed by atoms with van der Waals surface area (Å²) in [5.41, 5.74) is 1.44. The molecule has 1 amide bonds. The van der Waals surface area contributed by atoms with Crippen molar-refractivity contribution in [3.8, 4) is 11.5 Å². The third kappa shape index (κ3) is 4.31. The second-order valence-corrected chi connectivity index (χ2v) is 6.82. The van der Waals surface area contributed by atoms with Crippen LogP contribution in [-0.4, -0.2) is 28.9 Å². The lowest BCUT2D eigenvalue weighted by Gasteiger charge is -2.26. The van der Waals surface area contributed by atoms with Crippen molar-refractivity contribution in [3.05, 3.63) is 78.5 Å². The van der Waals surface area contributed by atoms with E-state index in [0.717, 1.165) is 37.4 Å². The Balaban J connectivity index is 1.47. The summed E-state index contributed by atoms with van der Waals surface area (Å²) in [7, 11) is 0. The highest BCUT2D eigenvalue weighted by atomic mass is 16.5. The van der Waals surface area contributed by atoms with E-state index in [-0.39, 0.29) is 5.91 Å². The zero-order valence-corrected chi connectivity index (χ0v) is 15.7. The first-order chi connectivity index (χ1) is 13.8. The van der Waals surface area contributed by atoms with Gasteiger partial charge in [0.2, 0.25) is 0 Å². The number of hydrogen-bond acceptors (Lipinski definition) is 4. The molecule has 28 heavy (non-hydrogen) atoms. The summed E-state index contributed by atoms with van der Waals surface area (Å²) in [5.74, 6) is 2.21. The van der Waals surface area contributed by atoms with Crippen molar-refractivity contribution in [2.45, 2.75) is 19.3 Å². The molecular formula is C23H23N3O2. The Kier molecular flexibility index (Phi) is 5.52. The largest absolute Gasteiger partial charge is 0.455 e. The van der Waals surface area contributed by atoms with Crippen molar-refractivity contribution < 1.29 is 9.53 Å². The van der Waals surface area contributed by atoms with Gasteiger partial charge in [0, 0.05) is 19.3 Å². The van der Waals surface area contributed by atoms with Crippen LogP contribution in [0.5, 0.6) is 11.5 Å². The van der Waals surface area contributed by atoms with Crippen LogP contribution in [0.2, 0.25) is 0 Å². The summed E-state index contributed by atoms with van der Waals surface area (Å²) in [6.07, 6.45) is 5.00. The maximum Gasteiger partial charge on any atom is 0.255 e. The second-order valence-electron chi connectivity index (χ2n) is 6.82.